The van der Waals surface area contributed by atoms with Gasteiger partial charge in [-0.1, -0.05) is 12.1 Å². The SMILES string of the molecule is COc1cccc(CC(CCO)OC)c1. The van der Waals surface area contributed by atoms with Crippen LogP contribution >= 0.6 is 0 Å². The van der Waals surface area contributed by atoms with Crippen LogP contribution in [0, 0.1) is 0 Å². The first-order valence-corrected chi connectivity index (χ1v) is 5.06. The van der Waals surface area contributed by atoms with Gasteiger partial charge in [0.25, 0.3) is 0 Å². The summed E-state index contributed by atoms with van der Waals surface area (Å²) in [6.07, 6.45) is 1.53. The van der Waals surface area contributed by atoms with Gasteiger partial charge in [0.2, 0.25) is 0 Å². The molecule has 0 aliphatic heterocycles. The maximum Gasteiger partial charge on any atom is 0.119 e. The highest BCUT2D eigenvalue weighted by atomic mass is 16.5. The Hall–Kier alpha value is -1.06. The third kappa shape index (κ3) is 3.90. The molecular weight excluding hydrogens is 192 g/mol. The third-order valence-corrected chi connectivity index (χ3v) is 2.38. The van der Waals surface area contributed by atoms with Crippen molar-refractivity contribution in [3.05, 3.63) is 29.8 Å². The van der Waals surface area contributed by atoms with Gasteiger partial charge < -0.3 is 14.6 Å². The molecule has 15 heavy (non-hydrogen) atoms. The van der Waals surface area contributed by atoms with Gasteiger partial charge in [-0.15, -0.1) is 0 Å². The molecule has 0 aliphatic carbocycles. The number of aliphatic hydroxyl groups is 1. The van der Waals surface area contributed by atoms with E-state index in [1.54, 1.807) is 14.2 Å². The minimum atomic E-state index is 0.0714. The Morgan fingerprint density at radius 2 is 2.13 bits per heavy atom. The van der Waals surface area contributed by atoms with Crippen LogP contribution in [-0.2, 0) is 11.2 Å². The smallest absolute Gasteiger partial charge is 0.119 e. The summed E-state index contributed by atoms with van der Waals surface area (Å²) in [5, 5.41) is 8.84. The Labute approximate surface area is 90.6 Å². The first-order valence-electron chi connectivity index (χ1n) is 5.06. The average Bonchev–Trinajstić information content (AvgIpc) is 2.29. The van der Waals surface area contributed by atoms with Crippen molar-refractivity contribution >= 4 is 0 Å². The Morgan fingerprint density at radius 1 is 1.33 bits per heavy atom. The van der Waals surface area contributed by atoms with Crippen molar-refractivity contribution in [2.45, 2.75) is 18.9 Å². The lowest BCUT2D eigenvalue weighted by molar-refractivity contribution is 0.0779. The van der Waals surface area contributed by atoms with Crippen LogP contribution in [0.5, 0.6) is 5.75 Å². The normalized spacial score (nSPS) is 12.5. The molecule has 0 bridgehead atoms. The first kappa shape index (κ1) is 12.0. The molecule has 3 nitrogen and oxygen atoms in total. The molecule has 0 heterocycles. The third-order valence-electron chi connectivity index (χ3n) is 2.38. The number of ether oxygens (including phenoxy) is 2. The Bertz CT molecular complexity index is 286. The second-order valence-electron chi connectivity index (χ2n) is 3.43. The molecule has 1 rings (SSSR count). The van der Waals surface area contributed by atoms with Crippen LogP contribution in [0.1, 0.15) is 12.0 Å². The second kappa shape index (κ2) is 6.43. The van der Waals surface area contributed by atoms with E-state index in [4.69, 9.17) is 14.6 Å². The summed E-state index contributed by atoms with van der Waals surface area (Å²) >= 11 is 0. The summed E-state index contributed by atoms with van der Waals surface area (Å²) in [5.41, 5.74) is 1.16. The van der Waals surface area contributed by atoms with E-state index in [-0.39, 0.29) is 12.7 Å². The van der Waals surface area contributed by atoms with E-state index in [0.29, 0.717) is 6.42 Å². The first-order chi connectivity index (χ1) is 7.30. The van der Waals surface area contributed by atoms with Gasteiger partial charge in [-0.05, 0) is 30.5 Å². The van der Waals surface area contributed by atoms with Crippen LogP contribution in [-0.4, -0.2) is 32.0 Å². The van der Waals surface area contributed by atoms with E-state index in [1.165, 1.54) is 0 Å². The van der Waals surface area contributed by atoms with Gasteiger partial charge >= 0.3 is 0 Å². The fourth-order valence-corrected chi connectivity index (χ4v) is 1.51. The van der Waals surface area contributed by atoms with Gasteiger partial charge in [-0.2, -0.15) is 0 Å². The molecule has 84 valence electrons. The molecule has 0 radical (unpaired) electrons. The molecule has 0 aliphatic rings. The molecular formula is C12H18O3. The van der Waals surface area contributed by atoms with Gasteiger partial charge in [0.05, 0.1) is 13.2 Å². The number of benzene rings is 1. The summed E-state index contributed by atoms with van der Waals surface area (Å²) in [6, 6.07) is 7.90. The molecule has 1 atom stereocenters. The number of methoxy groups -OCH3 is 2. The zero-order valence-corrected chi connectivity index (χ0v) is 9.27. The van der Waals surface area contributed by atoms with Crippen molar-refractivity contribution in [2.24, 2.45) is 0 Å². The second-order valence-corrected chi connectivity index (χ2v) is 3.43. The predicted octanol–water partition coefficient (Wildman–Crippen LogP) is 1.64. The van der Waals surface area contributed by atoms with E-state index in [2.05, 4.69) is 0 Å². The lowest BCUT2D eigenvalue weighted by atomic mass is 10.1. The summed E-state index contributed by atoms with van der Waals surface area (Å²) in [5.74, 6) is 0.853. The van der Waals surface area contributed by atoms with Crippen LogP contribution in [0.3, 0.4) is 0 Å². The van der Waals surface area contributed by atoms with Crippen molar-refractivity contribution in [1.82, 2.24) is 0 Å². The van der Waals surface area contributed by atoms with E-state index in [0.717, 1.165) is 17.7 Å². The van der Waals surface area contributed by atoms with Crippen LogP contribution < -0.4 is 4.74 Å². The maximum absolute atomic E-state index is 8.84. The van der Waals surface area contributed by atoms with Gasteiger partial charge in [-0.3, -0.25) is 0 Å². The maximum atomic E-state index is 8.84. The lowest BCUT2D eigenvalue weighted by Gasteiger charge is -2.14. The van der Waals surface area contributed by atoms with Gasteiger partial charge in [0.15, 0.2) is 0 Å². The molecule has 1 aromatic rings. The van der Waals surface area contributed by atoms with Crippen LogP contribution in [0.4, 0.5) is 0 Å². The van der Waals surface area contributed by atoms with Crippen molar-refractivity contribution in [2.75, 3.05) is 20.8 Å². The molecule has 3 heteroatoms. The molecule has 0 fully saturated rings. The zero-order chi connectivity index (χ0) is 11.1. The topological polar surface area (TPSA) is 38.7 Å². The standard InChI is InChI=1S/C12H18O3/c1-14-11-5-3-4-10(8-11)9-12(15-2)6-7-13/h3-5,8,12-13H,6-7,9H2,1-2H3. The minimum Gasteiger partial charge on any atom is -0.497 e. The molecule has 0 amide bonds. The van der Waals surface area contributed by atoms with Gasteiger partial charge in [0, 0.05) is 13.7 Å². The van der Waals surface area contributed by atoms with Crippen LogP contribution in [0.2, 0.25) is 0 Å². The quantitative estimate of drug-likeness (QED) is 0.775. The number of hydrogen-bond acceptors (Lipinski definition) is 3. The molecule has 1 aromatic carbocycles. The minimum absolute atomic E-state index is 0.0714. The van der Waals surface area contributed by atoms with E-state index < -0.39 is 0 Å². The van der Waals surface area contributed by atoms with E-state index in [9.17, 15) is 0 Å². The summed E-state index contributed by atoms with van der Waals surface area (Å²) in [7, 11) is 3.32. The van der Waals surface area contributed by atoms with Crippen molar-refractivity contribution in [3.8, 4) is 5.75 Å². The molecule has 1 N–H and O–H groups in total. The molecule has 0 saturated heterocycles. The zero-order valence-electron chi connectivity index (χ0n) is 9.27. The Morgan fingerprint density at radius 3 is 2.73 bits per heavy atom. The number of rotatable bonds is 6. The van der Waals surface area contributed by atoms with Crippen molar-refractivity contribution in [3.63, 3.8) is 0 Å². The molecule has 0 saturated carbocycles. The molecule has 0 aromatic heterocycles. The highest BCUT2D eigenvalue weighted by Gasteiger charge is 2.08. The van der Waals surface area contributed by atoms with Gasteiger partial charge in [0.1, 0.15) is 5.75 Å². The fourth-order valence-electron chi connectivity index (χ4n) is 1.51. The van der Waals surface area contributed by atoms with Crippen LogP contribution in [0.15, 0.2) is 24.3 Å². The summed E-state index contributed by atoms with van der Waals surface area (Å²) in [4.78, 5) is 0. The van der Waals surface area contributed by atoms with Crippen LogP contribution in [0.25, 0.3) is 0 Å². The number of hydrogen-bond donors (Lipinski definition) is 1. The van der Waals surface area contributed by atoms with E-state index >= 15 is 0 Å². The molecule has 0 spiro atoms. The number of aliphatic hydroxyl groups excluding tert-OH is 1. The van der Waals surface area contributed by atoms with Crippen molar-refractivity contribution < 1.29 is 14.6 Å². The molecule has 1 unspecified atom stereocenters. The lowest BCUT2D eigenvalue weighted by Crippen LogP contribution is -2.15. The largest absolute Gasteiger partial charge is 0.497 e. The Kier molecular flexibility index (Phi) is 5.15. The van der Waals surface area contributed by atoms with Crippen molar-refractivity contribution in [1.29, 1.82) is 0 Å². The average molecular weight is 210 g/mol. The van der Waals surface area contributed by atoms with Gasteiger partial charge in [-0.25, -0.2) is 0 Å². The van der Waals surface area contributed by atoms with E-state index in [1.807, 2.05) is 24.3 Å². The predicted molar refractivity (Wildman–Crippen MR) is 59.2 cm³/mol. The Balaban J connectivity index is 2.61. The monoisotopic (exact) mass is 210 g/mol. The fraction of sp³-hybridized carbons (Fsp3) is 0.500. The summed E-state index contributed by atoms with van der Waals surface area (Å²) < 4.78 is 10.4. The highest BCUT2D eigenvalue weighted by Crippen LogP contribution is 2.15. The highest BCUT2D eigenvalue weighted by molar-refractivity contribution is 5.28. The summed E-state index contributed by atoms with van der Waals surface area (Å²) in [6.45, 7) is 0.155.